The number of rotatable bonds is 5. The minimum atomic E-state index is -0.472. The molecule has 0 saturated heterocycles. The SMILES string of the molecule is Cc1ncn(CC(O)COC(C)C)c1C. The largest absolute Gasteiger partial charge is 0.389 e. The smallest absolute Gasteiger partial charge is 0.0952 e. The van der Waals surface area contributed by atoms with E-state index >= 15 is 0 Å². The number of aliphatic hydroxyl groups is 1. The summed E-state index contributed by atoms with van der Waals surface area (Å²) in [5.74, 6) is 0. The fraction of sp³-hybridized carbons (Fsp3) is 0.727. The second kappa shape index (κ2) is 5.28. The van der Waals surface area contributed by atoms with Crippen LogP contribution in [-0.4, -0.2) is 33.5 Å². The van der Waals surface area contributed by atoms with Crippen LogP contribution in [0.25, 0.3) is 0 Å². The number of aromatic nitrogens is 2. The Balaban J connectivity index is 2.44. The minimum absolute atomic E-state index is 0.158. The maximum absolute atomic E-state index is 9.71. The molecule has 0 radical (unpaired) electrons. The molecule has 4 nitrogen and oxygen atoms in total. The molecule has 15 heavy (non-hydrogen) atoms. The number of ether oxygens (including phenoxy) is 1. The second-order valence-corrected chi connectivity index (χ2v) is 4.10. The fourth-order valence-corrected chi connectivity index (χ4v) is 1.31. The molecule has 86 valence electrons. The summed E-state index contributed by atoms with van der Waals surface area (Å²) in [6, 6.07) is 0. The van der Waals surface area contributed by atoms with E-state index in [9.17, 15) is 5.11 Å². The normalized spacial score (nSPS) is 13.5. The summed E-state index contributed by atoms with van der Waals surface area (Å²) in [6.07, 6.45) is 1.44. The third-order valence-electron chi connectivity index (χ3n) is 2.37. The quantitative estimate of drug-likeness (QED) is 0.800. The molecule has 1 heterocycles. The molecule has 4 heteroatoms. The van der Waals surface area contributed by atoms with Gasteiger partial charge in [0.2, 0.25) is 0 Å². The van der Waals surface area contributed by atoms with Crippen LogP contribution in [-0.2, 0) is 11.3 Å². The standard InChI is InChI=1S/C11H20N2O2/c1-8(2)15-6-11(14)5-13-7-12-9(3)10(13)4/h7-8,11,14H,5-6H2,1-4H3. The van der Waals surface area contributed by atoms with Crippen LogP contribution in [0.1, 0.15) is 25.2 Å². The van der Waals surface area contributed by atoms with Crippen molar-refractivity contribution in [2.45, 2.75) is 46.4 Å². The minimum Gasteiger partial charge on any atom is -0.389 e. The van der Waals surface area contributed by atoms with Crippen molar-refractivity contribution in [3.63, 3.8) is 0 Å². The van der Waals surface area contributed by atoms with E-state index in [1.807, 2.05) is 32.3 Å². The lowest BCUT2D eigenvalue weighted by Crippen LogP contribution is -2.24. The molecule has 1 aromatic heterocycles. The molecule has 1 atom stereocenters. The van der Waals surface area contributed by atoms with Crippen molar-refractivity contribution in [1.29, 1.82) is 0 Å². The molecule has 0 spiro atoms. The predicted octanol–water partition coefficient (Wildman–Crippen LogP) is 1.29. The van der Waals surface area contributed by atoms with Crippen LogP contribution in [0.15, 0.2) is 6.33 Å². The number of nitrogens with zero attached hydrogens (tertiary/aromatic N) is 2. The third kappa shape index (κ3) is 3.64. The first kappa shape index (κ1) is 12.2. The Kier molecular flexibility index (Phi) is 4.29. The highest BCUT2D eigenvalue weighted by Crippen LogP contribution is 2.05. The summed E-state index contributed by atoms with van der Waals surface area (Å²) in [7, 11) is 0. The zero-order valence-corrected chi connectivity index (χ0v) is 9.90. The summed E-state index contributed by atoms with van der Waals surface area (Å²) in [5, 5.41) is 9.71. The predicted molar refractivity (Wildman–Crippen MR) is 58.8 cm³/mol. The van der Waals surface area contributed by atoms with Crippen LogP contribution in [0.4, 0.5) is 0 Å². The zero-order valence-electron chi connectivity index (χ0n) is 9.90. The van der Waals surface area contributed by atoms with Gasteiger partial charge in [-0.05, 0) is 27.7 Å². The highest BCUT2D eigenvalue weighted by molar-refractivity contribution is 5.08. The Morgan fingerprint density at radius 2 is 2.13 bits per heavy atom. The molecule has 1 unspecified atom stereocenters. The van der Waals surface area contributed by atoms with E-state index in [1.54, 1.807) is 6.33 Å². The van der Waals surface area contributed by atoms with E-state index in [-0.39, 0.29) is 6.10 Å². The first-order valence-electron chi connectivity index (χ1n) is 5.28. The highest BCUT2D eigenvalue weighted by Gasteiger charge is 2.09. The van der Waals surface area contributed by atoms with Gasteiger partial charge in [0.1, 0.15) is 0 Å². The van der Waals surface area contributed by atoms with Crippen molar-refractivity contribution in [1.82, 2.24) is 9.55 Å². The lowest BCUT2D eigenvalue weighted by atomic mass is 10.3. The molecule has 0 fully saturated rings. The van der Waals surface area contributed by atoms with E-state index in [0.29, 0.717) is 13.2 Å². The lowest BCUT2D eigenvalue weighted by molar-refractivity contribution is -0.000898. The molecule has 0 amide bonds. The Bertz CT molecular complexity index is 308. The van der Waals surface area contributed by atoms with Crippen molar-refractivity contribution in [3.05, 3.63) is 17.7 Å². The number of imidazole rings is 1. The van der Waals surface area contributed by atoms with Crippen molar-refractivity contribution in [2.24, 2.45) is 0 Å². The summed E-state index contributed by atoms with van der Waals surface area (Å²) >= 11 is 0. The molecular weight excluding hydrogens is 192 g/mol. The average molecular weight is 212 g/mol. The van der Waals surface area contributed by atoms with Crippen LogP contribution in [0.5, 0.6) is 0 Å². The lowest BCUT2D eigenvalue weighted by Gasteiger charge is -2.14. The number of aryl methyl sites for hydroxylation is 1. The summed E-state index contributed by atoms with van der Waals surface area (Å²) in [6.45, 7) is 8.79. The molecule has 0 aliphatic heterocycles. The first-order valence-corrected chi connectivity index (χ1v) is 5.28. The van der Waals surface area contributed by atoms with Crippen molar-refractivity contribution >= 4 is 0 Å². The number of hydrogen-bond donors (Lipinski definition) is 1. The highest BCUT2D eigenvalue weighted by atomic mass is 16.5. The number of hydrogen-bond acceptors (Lipinski definition) is 3. The fourth-order valence-electron chi connectivity index (χ4n) is 1.31. The van der Waals surface area contributed by atoms with Gasteiger partial charge in [0.05, 0.1) is 37.4 Å². The summed E-state index contributed by atoms with van der Waals surface area (Å²) < 4.78 is 7.29. The average Bonchev–Trinajstić information content (AvgIpc) is 2.47. The Morgan fingerprint density at radius 1 is 1.47 bits per heavy atom. The van der Waals surface area contributed by atoms with E-state index in [2.05, 4.69) is 4.98 Å². The van der Waals surface area contributed by atoms with Crippen molar-refractivity contribution in [2.75, 3.05) is 6.61 Å². The number of aliphatic hydroxyl groups excluding tert-OH is 1. The van der Waals surface area contributed by atoms with Gasteiger partial charge in [-0.3, -0.25) is 0 Å². The van der Waals surface area contributed by atoms with Crippen LogP contribution in [0, 0.1) is 13.8 Å². The van der Waals surface area contributed by atoms with Gasteiger partial charge in [0, 0.05) is 5.69 Å². The van der Waals surface area contributed by atoms with Crippen molar-refractivity contribution < 1.29 is 9.84 Å². The monoisotopic (exact) mass is 212 g/mol. The summed E-state index contributed by atoms with van der Waals surface area (Å²) in [4.78, 5) is 4.18. The van der Waals surface area contributed by atoms with E-state index < -0.39 is 6.10 Å². The van der Waals surface area contributed by atoms with Crippen LogP contribution < -0.4 is 0 Å². The molecule has 0 saturated carbocycles. The molecule has 0 aromatic carbocycles. The Labute approximate surface area is 90.9 Å². The van der Waals surface area contributed by atoms with Gasteiger partial charge in [-0.25, -0.2) is 4.98 Å². The van der Waals surface area contributed by atoms with Gasteiger partial charge in [-0.1, -0.05) is 0 Å². The second-order valence-electron chi connectivity index (χ2n) is 4.10. The zero-order chi connectivity index (χ0) is 11.4. The molecule has 1 aromatic rings. The van der Waals surface area contributed by atoms with Gasteiger partial charge >= 0.3 is 0 Å². The van der Waals surface area contributed by atoms with Crippen LogP contribution in [0.3, 0.4) is 0 Å². The summed E-state index contributed by atoms with van der Waals surface area (Å²) in [5.41, 5.74) is 2.10. The van der Waals surface area contributed by atoms with E-state index in [0.717, 1.165) is 11.4 Å². The van der Waals surface area contributed by atoms with E-state index in [4.69, 9.17) is 4.74 Å². The Hall–Kier alpha value is -0.870. The van der Waals surface area contributed by atoms with Crippen LogP contribution in [0.2, 0.25) is 0 Å². The van der Waals surface area contributed by atoms with Gasteiger partial charge in [0.25, 0.3) is 0 Å². The van der Waals surface area contributed by atoms with Gasteiger partial charge in [-0.2, -0.15) is 0 Å². The third-order valence-corrected chi connectivity index (χ3v) is 2.37. The van der Waals surface area contributed by atoms with Gasteiger partial charge < -0.3 is 14.4 Å². The molecule has 0 bridgehead atoms. The molecule has 1 N–H and O–H groups in total. The molecule has 0 aliphatic carbocycles. The maximum atomic E-state index is 9.71. The first-order chi connectivity index (χ1) is 7.00. The topological polar surface area (TPSA) is 47.3 Å². The van der Waals surface area contributed by atoms with Gasteiger partial charge in [-0.15, -0.1) is 0 Å². The maximum Gasteiger partial charge on any atom is 0.0952 e. The molecule has 0 aliphatic rings. The molecular formula is C11H20N2O2. The van der Waals surface area contributed by atoms with Gasteiger partial charge in [0.15, 0.2) is 0 Å². The van der Waals surface area contributed by atoms with E-state index in [1.165, 1.54) is 0 Å². The van der Waals surface area contributed by atoms with Crippen molar-refractivity contribution in [3.8, 4) is 0 Å². The Morgan fingerprint density at radius 3 is 2.60 bits per heavy atom. The van der Waals surface area contributed by atoms with Crippen LogP contribution >= 0.6 is 0 Å². The molecule has 1 rings (SSSR count).